The summed E-state index contributed by atoms with van der Waals surface area (Å²) in [4.78, 5) is 16.2. The molecule has 0 saturated carbocycles. The van der Waals surface area contributed by atoms with Crippen LogP contribution in [0.3, 0.4) is 0 Å². The molecule has 0 spiro atoms. The molecule has 0 fully saturated rings. The summed E-state index contributed by atoms with van der Waals surface area (Å²) in [7, 11) is 0. The van der Waals surface area contributed by atoms with Gasteiger partial charge in [0.1, 0.15) is 23.1 Å². The highest BCUT2D eigenvalue weighted by Crippen LogP contribution is 2.22. The molecule has 7 heteroatoms. The number of hydrogen-bond acceptors (Lipinski definition) is 6. The van der Waals surface area contributed by atoms with Crippen molar-refractivity contribution in [1.82, 2.24) is 10.4 Å². The van der Waals surface area contributed by atoms with Gasteiger partial charge in [0.15, 0.2) is 13.2 Å². The van der Waals surface area contributed by atoms with E-state index in [1.807, 2.05) is 30.3 Å². The first kappa shape index (κ1) is 17.9. The Morgan fingerprint density at radius 1 is 1.15 bits per heavy atom. The number of benzene rings is 2. The first-order valence-corrected chi connectivity index (χ1v) is 8.14. The third kappa shape index (κ3) is 5.03. The van der Waals surface area contributed by atoms with Gasteiger partial charge in [0.25, 0.3) is 5.91 Å². The molecule has 1 N–H and O–H groups in total. The van der Waals surface area contributed by atoms with Crippen LogP contribution < -0.4 is 14.9 Å². The molecule has 3 rings (SSSR count). The highest BCUT2D eigenvalue weighted by Gasteiger charge is 2.05. The molecule has 0 aliphatic carbocycles. The average molecular weight is 360 g/mol. The molecule has 0 atom stereocenters. The first-order chi connectivity index (χ1) is 13.3. The lowest BCUT2D eigenvalue weighted by Crippen LogP contribution is -2.24. The zero-order valence-corrected chi connectivity index (χ0v) is 14.3. The van der Waals surface area contributed by atoms with E-state index in [0.717, 1.165) is 10.9 Å². The molecule has 3 aromatic rings. The molecule has 0 aliphatic rings. The van der Waals surface area contributed by atoms with E-state index in [4.69, 9.17) is 14.7 Å². The monoisotopic (exact) mass is 360 g/mol. The van der Waals surface area contributed by atoms with Crippen LogP contribution in [-0.4, -0.2) is 30.3 Å². The minimum atomic E-state index is -0.381. The van der Waals surface area contributed by atoms with Crippen LogP contribution in [0.1, 0.15) is 5.56 Å². The van der Waals surface area contributed by atoms with Crippen LogP contribution in [-0.2, 0) is 4.79 Å². The van der Waals surface area contributed by atoms with Crippen LogP contribution in [0.5, 0.6) is 11.5 Å². The summed E-state index contributed by atoms with van der Waals surface area (Å²) in [6, 6.07) is 18.2. The van der Waals surface area contributed by atoms with Gasteiger partial charge in [-0.1, -0.05) is 18.2 Å². The highest BCUT2D eigenvalue weighted by atomic mass is 16.5. The first-order valence-electron chi connectivity index (χ1n) is 8.14. The van der Waals surface area contributed by atoms with Gasteiger partial charge in [-0.05, 0) is 42.0 Å². The maximum atomic E-state index is 11.9. The van der Waals surface area contributed by atoms with E-state index >= 15 is 0 Å². The molecule has 0 saturated heterocycles. The van der Waals surface area contributed by atoms with Crippen molar-refractivity contribution in [2.24, 2.45) is 5.10 Å². The minimum Gasteiger partial charge on any atom is -0.481 e. The molecule has 2 aromatic carbocycles. The summed E-state index contributed by atoms with van der Waals surface area (Å²) in [5.74, 6) is 0.753. The third-order valence-electron chi connectivity index (χ3n) is 3.54. The molecule has 134 valence electrons. The Morgan fingerprint density at radius 3 is 2.78 bits per heavy atom. The summed E-state index contributed by atoms with van der Waals surface area (Å²) in [6.07, 6.45) is 3.18. The van der Waals surface area contributed by atoms with Gasteiger partial charge in [-0.2, -0.15) is 10.4 Å². The number of amides is 1. The Labute approximate surface area is 155 Å². The Hall–Kier alpha value is -3.92. The lowest BCUT2D eigenvalue weighted by molar-refractivity contribution is -0.123. The van der Waals surface area contributed by atoms with E-state index in [2.05, 4.69) is 15.5 Å². The number of ether oxygens (including phenoxy) is 2. The number of rotatable bonds is 7. The molecule has 1 aromatic heterocycles. The fourth-order valence-corrected chi connectivity index (χ4v) is 2.31. The van der Waals surface area contributed by atoms with Crippen molar-refractivity contribution in [1.29, 1.82) is 5.26 Å². The summed E-state index contributed by atoms with van der Waals surface area (Å²) in [5.41, 5.74) is 3.89. The quantitative estimate of drug-likeness (QED) is 0.516. The molecule has 0 radical (unpaired) electrons. The number of para-hydroxylation sites is 1. The smallest absolute Gasteiger partial charge is 0.277 e. The predicted octanol–water partition coefficient (Wildman–Crippen LogP) is 2.67. The third-order valence-corrected chi connectivity index (χ3v) is 3.54. The standard InChI is InChI=1S/C20H16N4O3/c21-10-12-26-17-8-6-15(7-9-17)13-23-24-19(25)14-27-18-5-1-3-16-4-2-11-22-20(16)18/h1-9,11,13H,12,14H2,(H,24,25)/b23-13+. The number of nitriles is 1. The summed E-state index contributed by atoms with van der Waals surface area (Å²) < 4.78 is 10.7. The van der Waals surface area contributed by atoms with E-state index in [0.29, 0.717) is 17.0 Å². The second kappa shape index (κ2) is 8.97. The van der Waals surface area contributed by atoms with Crippen molar-refractivity contribution in [3.05, 3.63) is 66.4 Å². The Bertz CT molecular complexity index is 989. The second-order valence-corrected chi connectivity index (χ2v) is 5.43. The molecule has 0 aliphatic heterocycles. The second-order valence-electron chi connectivity index (χ2n) is 5.43. The van der Waals surface area contributed by atoms with Crippen molar-refractivity contribution in [3.8, 4) is 17.6 Å². The SMILES string of the molecule is N#CCOc1ccc(/C=N/NC(=O)COc2cccc3cccnc23)cc1. The number of fused-ring (bicyclic) bond motifs is 1. The topological polar surface area (TPSA) is 96.6 Å². The van der Waals surface area contributed by atoms with Crippen LogP contribution in [0.4, 0.5) is 0 Å². The lowest BCUT2D eigenvalue weighted by Gasteiger charge is -2.07. The number of pyridine rings is 1. The maximum absolute atomic E-state index is 11.9. The molecule has 7 nitrogen and oxygen atoms in total. The van der Waals surface area contributed by atoms with Gasteiger partial charge < -0.3 is 9.47 Å². The van der Waals surface area contributed by atoms with Gasteiger partial charge in [0.2, 0.25) is 0 Å². The summed E-state index contributed by atoms with van der Waals surface area (Å²) >= 11 is 0. The van der Waals surface area contributed by atoms with Crippen LogP contribution in [0.25, 0.3) is 10.9 Å². The number of nitrogens with zero attached hydrogens (tertiary/aromatic N) is 3. The zero-order valence-electron chi connectivity index (χ0n) is 14.3. The molecule has 1 amide bonds. The van der Waals surface area contributed by atoms with Crippen LogP contribution in [0.15, 0.2) is 65.9 Å². The molecule has 0 bridgehead atoms. The Kier molecular flexibility index (Phi) is 5.94. The Balaban J connectivity index is 1.51. The van der Waals surface area contributed by atoms with Crippen LogP contribution in [0.2, 0.25) is 0 Å². The van der Waals surface area contributed by atoms with Gasteiger partial charge in [0, 0.05) is 11.6 Å². The normalized spacial score (nSPS) is 10.5. The van der Waals surface area contributed by atoms with E-state index < -0.39 is 0 Å². The van der Waals surface area contributed by atoms with E-state index in [9.17, 15) is 4.79 Å². The van der Waals surface area contributed by atoms with Crippen molar-refractivity contribution < 1.29 is 14.3 Å². The average Bonchev–Trinajstić information content (AvgIpc) is 2.71. The largest absolute Gasteiger partial charge is 0.481 e. The summed E-state index contributed by atoms with van der Waals surface area (Å²) in [5, 5.41) is 13.3. The minimum absolute atomic E-state index is 0.00425. The molecule has 27 heavy (non-hydrogen) atoms. The number of carbonyl (C=O) groups excluding carboxylic acids is 1. The fourth-order valence-electron chi connectivity index (χ4n) is 2.31. The van der Waals surface area contributed by atoms with Crippen LogP contribution in [0, 0.1) is 11.3 Å². The molecule has 1 heterocycles. The number of aromatic nitrogens is 1. The van der Waals surface area contributed by atoms with Gasteiger partial charge in [-0.3, -0.25) is 9.78 Å². The van der Waals surface area contributed by atoms with E-state index in [1.165, 1.54) is 6.21 Å². The molecular weight excluding hydrogens is 344 g/mol. The lowest BCUT2D eigenvalue weighted by atomic mass is 10.2. The number of nitrogens with one attached hydrogen (secondary N) is 1. The fraction of sp³-hybridized carbons (Fsp3) is 0.100. The Morgan fingerprint density at radius 2 is 1.96 bits per heavy atom. The van der Waals surface area contributed by atoms with Crippen molar-refractivity contribution in [3.63, 3.8) is 0 Å². The maximum Gasteiger partial charge on any atom is 0.277 e. The van der Waals surface area contributed by atoms with E-state index in [1.54, 1.807) is 36.5 Å². The number of carbonyl (C=O) groups is 1. The van der Waals surface area contributed by atoms with Crippen molar-refractivity contribution in [2.75, 3.05) is 13.2 Å². The van der Waals surface area contributed by atoms with Gasteiger partial charge in [0.05, 0.1) is 6.21 Å². The van der Waals surface area contributed by atoms with Crippen molar-refractivity contribution >= 4 is 23.0 Å². The summed E-state index contributed by atoms with van der Waals surface area (Å²) in [6.45, 7) is -0.177. The zero-order chi connectivity index (χ0) is 18.9. The van der Waals surface area contributed by atoms with Gasteiger partial charge in [-0.25, -0.2) is 5.43 Å². The number of hydrogen-bond donors (Lipinski definition) is 1. The van der Waals surface area contributed by atoms with Crippen molar-refractivity contribution in [2.45, 2.75) is 0 Å². The van der Waals surface area contributed by atoms with Gasteiger partial charge in [-0.15, -0.1) is 0 Å². The van der Waals surface area contributed by atoms with Gasteiger partial charge >= 0.3 is 0 Å². The molecular formula is C20H16N4O3. The van der Waals surface area contributed by atoms with E-state index in [-0.39, 0.29) is 19.1 Å². The number of hydrazone groups is 1. The molecule has 0 unspecified atom stereocenters. The highest BCUT2D eigenvalue weighted by molar-refractivity contribution is 5.85. The predicted molar refractivity (Wildman–Crippen MR) is 101 cm³/mol. The van der Waals surface area contributed by atoms with Crippen LogP contribution >= 0.6 is 0 Å².